The van der Waals surface area contributed by atoms with Crippen LogP contribution in [0.2, 0.25) is 0 Å². The molecule has 0 saturated carbocycles. The summed E-state index contributed by atoms with van der Waals surface area (Å²) in [7, 11) is 0. The minimum Gasteiger partial charge on any atom is -0.508 e. The van der Waals surface area contributed by atoms with Gasteiger partial charge < -0.3 is 19.9 Å². The van der Waals surface area contributed by atoms with Crippen molar-refractivity contribution in [2.45, 2.75) is 0 Å². The molecule has 0 spiro atoms. The van der Waals surface area contributed by atoms with Crippen molar-refractivity contribution in [2.24, 2.45) is 0 Å². The highest BCUT2D eigenvalue weighted by Gasteiger charge is 2.33. The number of phenolic OH excluding ortho intramolecular Hbond substituents is 1. The number of carbonyl (C=O) groups is 3. The molecule has 1 fully saturated rings. The van der Waals surface area contributed by atoms with Crippen molar-refractivity contribution in [3.63, 3.8) is 0 Å². The molecule has 1 aliphatic heterocycles. The summed E-state index contributed by atoms with van der Waals surface area (Å²) in [6.07, 6.45) is 6.42. The van der Waals surface area contributed by atoms with Crippen LogP contribution in [0.1, 0.15) is 16.1 Å². The number of phenols is 1. The average Bonchev–Trinajstić information content (AvgIpc) is 3.27. The Kier molecular flexibility index (Phi) is 6.15. The fourth-order valence-corrected chi connectivity index (χ4v) is 3.63. The molecule has 10 heteroatoms. The molecule has 148 valence electrons. The number of nitrogens with one attached hydrogen (secondary N) is 1. The second-order valence-electron chi connectivity index (χ2n) is 5.75. The van der Waals surface area contributed by atoms with Gasteiger partial charge in [0.2, 0.25) is 5.91 Å². The number of benzene rings is 1. The topological polar surface area (TPSA) is 120 Å². The predicted octanol–water partition coefficient (Wildman–Crippen LogP) is 3.08. The van der Waals surface area contributed by atoms with E-state index in [1.165, 1.54) is 18.4 Å². The molecule has 1 aromatic carbocycles. The second-order valence-corrected chi connectivity index (χ2v) is 7.42. The second kappa shape index (κ2) is 8.76. The quantitative estimate of drug-likeness (QED) is 0.363. The lowest BCUT2D eigenvalue weighted by atomic mass is 10.1. The first-order chi connectivity index (χ1) is 13.8. The molecule has 2 aromatic rings. The summed E-state index contributed by atoms with van der Waals surface area (Å²) in [6.45, 7) is -0.371. The van der Waals surface area contributed by atoms with E-state index < -0.39 is 17.8 Å². The van der Waals surface area contributed by atoms with Crippen LogP contribution in [0.4, 0.5) is 5.69 Å². The van der Waals surface area contributed by atoms with Crippen molar-refractivity contribution in [1.29, 1.82) is 0 Å². The normalized spacial score (nSPS) is 15.4. The van der Waals surface area contributed by atoms with Gasteiger partial charge in [-0.2, -0.15) is 0 Å². The lowest BCUT2D eigenvalue weighted by Crippen LogP contribution is -2.36. The summed E-state index contributed by atoms with van der Waals surface area (Å²) in [5.41, 5.74) is -0.269. The van der Waals surface area contributed by atoms with E-state index in [0.29, 0.717) is 10.7 Å². The highest BCUT2D eigenvalue weighted by atomic mass is 32.2. The van der Waals surface area contributed by atoms with Crippen molar-refractivity contribution in [3.05, 3.63) is 65.0 Å². The third kappa shape index (κ3) is 4.92. The Labute approximate surface area is 174 Å². The SMILES string of the molecule is O=C(CN1C(=O)C(=CC=Cc2ccco2)SC1=S)Nc1ccc(O)cc1C(=O)O. The molecular weight excluding hydrogens is 416 g/mol. The molecule has 1 aromatic heterocycles. The fourth-order valence-electron chi connectivity index (χ4n) is 2.42. The average molecular weight is 430 g/mol. The number of hydrogen-bond acceptors (Lipinski definition) is 7. The van der Waals surface area contributed by atoms with Crippen LogP contribution in [0.5, 0.6) is 5.75 Å². The summed E-state index contributed by atoms with van der Waals surface area (Å²) in [4.78, 5) is 37.6. The smallest absolute Gasteiger partial charge is 0.337 e. The van der Waals surface area contributed by atoms with E-state index in [4.69, 9.17) is 16.6 Å². The number of amides is 2. The molecule has 1 aliphatic rings. The Balaban J connectivity index is 1.67. The molecule has 2 amide bonds. The number of aromatic hydroxyl groups is 1. The van der Waals surface area contributed by atoms with E-state index in [1.807, 2.05) is 0 Å². The number of thiocarbonyl (C=S) groups is 1. The summed E-state index contributed by atoms with van der Waals surface area (Å²) < 4.78 is 5.37. The van der Waals surface area contributed by atoms with Gasteiger partial charge >= 0.3 is 5.97 Å². The number of allylic oxidation sites excluding steroid dienone is 2. The summed E-state index contributed by atoms with van der Waals surface area (Å²) in [5.74, 6) is -1.98. The van der Waals surface area contributed by atoms with E-state index in [9.17, 15) is 24.6 Å². The van der Waals surface area contributed by atoms with Gasteiger partial charge in [0.05, 0.1) is 22.4 Å². The Bertz CT molecular complexity index is 1040. The zero-order valence-electron chi connectivity index (χ0n) is 14.7. The molecule has 8 nitrogen and oxygen atoms in total. The summed E-state index contributed by atoms with van der Waals surface area (Å²) in [5, 5.41) is 21.0. The van der Waals surface area contributed by atoms with Gasteiger partial charge in [-0.25, -0.2) is 4.79 Å². The molecule has 3 N–H and O–H groups in total. The lowest BCUT2D eigenvalue weighted by molar-refractivity contribution is -0.126. The van der Waals surface area contributed by atoms with Gasteiger partial charge in [-0.3, -0.25) is 14.5 Å². The standard InChI is InChI=1S/C19H14N2O6S2/c22-11-6-7-14(13(9-11)18(25)26)20-16(23)10-21-17(24)15(29-19(21)28)5-1-3-12-4-2-8-27-12/h1-9,22H,10H2,(H,20,23)(H,25,26). The van der Waals surface area contributed by atoms with Crippen LogP contribution in [0.25, 0.3) is 6.08 Å². The Morgan fingerprint density at radius 3 is 2.79 bits per heavy atom. The van der Waals surface area contributed by atoms with Gasteiger partial charge in [0, 0.05) is 0 Å². The highest BCUT2D eigenvalue weighted by Crippen LogP contribution is 2.31. The number of carbonyl (C=O) groups excluding carboxylic acids is 2. The van der Waals surface area contributed by atoms with Crippen LogP contribution in [-0.2, 0) is 9.59 Å². The van der Waals surface area contributed by atoms with Gasteiger partial charge in [0.25, 0.3) is 5.91 Å². The number of carboxylic acids is 1. The maximum Gasteiger partial charge on any atom is 0.337 e. The molecule has 1 saturated heterocycles. The molecule has 29 heavy (non-hydrogen) atoms. The lowest BCUT2D eigenvalue weighted by Gasteiger charge is -2.15. The molecular formula is C19H14N2O6S2. The molecule has 0 atom stereocenters. The molecule has 0 unspecified atom stereocenters. The van der Waals surface area contributed by atoms with E-state index in [0.717, 1.165) is 22.7 Å². The van der Waals surface area contributed by atoms with E-state index >= 15 is 0 Å². The van der Waals surface area contributed by atoms with E-state index in [1.54, 1.807) is 30.4 Å². The molecule has 3 rings (SSSR count). The first-order valence-corrected chi connectivity index (χ1v) is 9.39. The van der Waals surface area contributed by atoms with Crippen LogP contribution in [0.15, 0.2) is 58.1 Å². The fraction of sp³-hybridized carbons (Fsp3) is 0.0526. The minimum absolute atomic E-state index is 0.00247. The van der Waals surface area contributed by atoms with Gasteiger partial charge in [0.1, 0.15) is 22.4 Å². The van der Waals surface area contributed by atoms with Crippen LogP contribution in [-0.4, -0.2) is 43.8 Å². The number of hydrogen-bond donors (Lipinski definition) is 3. The number of thioether (sulfide) groups is 1. The zero-order valence-corrected chi connectivity index (χ0v) is 16.3. The minimum atomic E-state index is -1.31. The van der Waals surface area contributed by atoms with Crippen molar-refractivity contribution in [1.82, 2.24) is 4.90 Å². The van der Waals surface area contributed by atoms with Gasteiger partial charge in [0.15, 0.2) is 0 Å². The largest absolute Gasteiger partial charge is 0.508 e. The predicted molar refractivity (Wildman–Crippen MR) is 111 cm³/mol. The summed E-state index contributed by atoms with van der Waals surface area (Å²) in [6, 6.07) is 7.03. The Morgan fingerprint density at radius 2 is 2.10 bits per heavy atom. The van der Waals surface area contributed by atoms with Crippen LogP contribution < -0.4 is 5.32 Å². The van der Waals surface area contributed by atoms with Crippen molar-refractivity contribution in [2.75, 3.05) is 11.9 Å². The van der Waals surface area contributed by atoms with Gasteiger partial charge in [-0.05, 0) is 42.5 Å². The van der Waals surface area contributed by atoms with Crippen LogP contribution in [0.3, 0.4) is 0 Å². The van der Waals surface area contributed by atoms with Crippen molar-refractivity contribution in [3.8, 4) is 5.75 Å². The van der Waals surface area contributed by atoms with E-state index in [2.05, 4.69) is 5.32 Å². The first kappa shape index (κ1) is 20.4. The van der Waals surface area contributed by atoms with Gasteiger partial charge in [-0.1, -0.05) is 30.1 Å². The molecule has 2 heterocycles. The van der Waals surface area contributed by atoms with Gasteiger partial charge in [-0.15, -0.1) is 0 Å². The third-order valence-electron chi connectivity index (χ3n) is 3.73. The molecule has 0 aliphatic carbocycles. The maximum absolute atomic E-state index is 12.5. The number of aromatic carboxylic acids is 1. The summed E-state index contributed by atoms with van der Waals surface area (Å²) >= 11 is 6.23. The molecule has 0 bridgehead atoms. The molecule has 0 radical (unpaired) electrons. The number of rotatable bonds is 6. The van der Waals surface area contributed by atoms with Crippen molar-refractivity contribution < 1.29 is 29.0 Å². The number of anilines is 1. The first-order valence-electron chi connectivity index (χ1n) is 8.17. The van der Waals surface area contributed by atoms with Crippen LogP contribution >= 0.6 is 24.0 Å². The number of carboxylic acid groups (broad SMARTS) is 1. The monoisotopic (exact) mass is 430 g/mol. The van der Waals surface area contributed by atoms with E-state index in [-0.39, 0.29) is 27.9 Å². The van der Waals surface area contributed by atoms with Crippen LogP contribution in [0, 0.1) is 0 Å². The number of nitrogens with zero attached hydrogens (tertiary/aromatic N) is 1. The van der Waals surface area contributed by atoms with Crippen molar-refractivity contribution >= 4 is 57.8 Å². The maximum atomic E-state index is 12.5. The Morgan fingerprint density at radius 1 is 1.31 bits per heavy atom. The third-order valence-corrected chi connectivity index (χ3v) is 5.13. The number of furan rings is 1. The highest BCUT2D eigenvalue weighted by molar-refractivity contribution is 8.26. The Hall–Kier alpha value is -3.37. The zero-order chi connectivity index (χ0) is 21.0.